The molecule has 0 amide bonds. The predicted octanol–water partition coefficient (Wildman–Crippen LogP) is 4.19. The Morgan fingerprint density at radius 1 is 1.23 bits per heavy atom. The van der Waals surface area contributed by atoms with Crippen LogP contribution < -0.4 is 19.5 Å². The molecule has 4 rings (SSSR count). The Balaban J connectivity index is 1.41. The summed E-state index contributed by atoms with van der Waals surface area (Å²) in [6.45, 7) is 7.74. The number of hydrogen-bond donors (Lipinski definition) is 1. The van der Waals surface area contributed by atoms with E-state index in [-0.39, 0.29) is 11.9 Å². The van der Waals surface area contributed by atoms with Gasteiger partial charge in [-0.25, -0.2) is 9.37 Å². The highest BCUT2D eigenvalue weighted by atomic mass is 19.1. The third-order valence-electron chi connectivity index (χ3n) is 5.94. The number of likely N-dealkylation sites (tertiary alicyclic amines) is 1. The molecule has 2 aromatic rings. The number of fused-ring (bicyclic) bond motifs is 1. The van der Waals surface area contributed by atoms with Crippen molar-refractivity contribution >= 4 is 5.69 Å². The number of methoxy groups -OCH3 is 1. The largest absolute Gasteiger partial charge is 0.486 e. The smallest absolute Gasteiger partial charge is 0.215 e. The average molecular weight is 416 g/mol. The van der Waals surface area contributed by atoms with Crippen LogP contribution in [0.1, 0.15) is 37.1 Å². The molecule has 3 heterocycles. The minimum Gasteiger partial charge on any atom is -0.486 e. The van der Waals surface area contributed by atoms with Gasteiger partial charge in [0.05, 0.1) is 7.11 Å². The maximum atomic E-state index is 14.8. The van der Waals surface area contributed by atoms with Crippen molar-refractivity contribution in [1.29, 1.82) is 0 Å². The van der Waals surface area contributed by atoms with Crippen LogP contribution in [0.4, 0.5) is 10.1 Å². The number of aryl methyl sites for hydroxylation is 1. The van der Waals surface area contributed by atoms with Crippen LogP contribution >= 0.6 is 0 Å². The summed E-state index contributed by atoms with van der Waals surface area (Å²) in [6, 6.07) is 7.19. The van der Waals surface area contributed by atoms with Crippen LogP contribution in [-0.4, -0.2) is 49.8 Å². The molecule has 2 atom stereocenters. The van der Waals surface area contributed by atoms with Gasteiger partial charge in [0.15, 0.2) is 11.5 Å². The number of aromatic nitrogens is 1. The molecule has 1 saturated heterocycles. The van der Waals surface area contributed by atoms with Gasteiger partial charge in [0, 0.05) is 48.2 Å². The van der Waals surface area contributed by atoms with Crippen LogP contribution in [0.15, 0.2) is 24.3 Å². The second kappa shape index (κ2) is 9.08. The van der Waals surface area contributed by atoms with E-state index in [0.29, 0.717) is 42.1 Å². The number of ether oxygens (including phenoxy) is 3. The molecule has 7 heteroatoms. The highest BCUT2D eigenvalue weighted by Gasteiger charge is 2.27. The Kier molecular flexibility index (Phi) is 6.27. The first-order valence-electron chi connectivity index (χ1n) is 10.6. The molecule has 30 heavy (non-hydrogen) atoms. The van der Waals surface area contributed by atoms with Crippen molar-refractivity contribution < 1.29 is 18.6 Å². The fourth-order valence-corrected chi connectivity index (χ4v) is 4.32. The minimum absolute atomic E-state index is 0.0214. The summed E-state index contributed by atoms with van der Waals surface area (Å²) in [5.41, 5.74) is 2.61. The molecule has 1 aromatic carbocycles. The summed E-state index contributed by atoms with van der Waals surface area (Å²) in [6.07, 6.45) is 2.25. The first kappa shape index (κ1) is 20.7. The van der Waals surface area contributed by atoms with Gasteiger partial charge >= 0.3 is 0 Å². The van der Waals surface area contributed by atoms with E-state index in [0.717, 1.165) is 43.9 Å². The lowest BCUT2D eigenvalue weighted by atomic mass is 9.94. The highest BCUT2D eigenvalue weighted by Crippen LogP contribution is 2.37. The Bertz CT molecular complexity index is 892. The van der Waals surface area contributed by atoms with Crippen molar-refractivity contribution in [1.82, 2.24) is 9.88 Å². The monoisotopic (exact) mass is 415 g/mol. The Morgan fingerprint density at radius 2 is 2.00 bits per heavy atom. The summed E-state index contributed by atoms with van der Waals surface area (Å²) >= 11 is 0. The van der Waals surface area contributed by atoms with Crippen LogP contribution in [0.25, 0.3) is 0 Å². The molecule has 2 aliphatic rings. The van der Waals surface area contributed by atoms with Gasteiger partial charge in [0.25, 0.3) is 0 Å². The van der Waals surface area contributed by atoms with Crippen molar-refractivity contribution in [3.05, 3.63) is 41.3 Å². The normalized spacial score (nSPS) is 19.9. The van der Waals surface area contributed by atoms with Crippen LogP contribution in [-0.2, 0) is 0 Å². The van der Waals surface area contributed by atoms with E-state index in [9.17, 15) is 4.39 Å². The van der Waals surface area contributed by atoms with Crippen LogP contribution in [0.2, 0.25) is 0 Å². The Morgan fingerprint density at radius 3 is 2.77 bits per heavy atom. The van der Waals surface area contributed by atoms with Crippen LogP contribution in [0, 0.1) is 18.7 Å². The molecule has 0 radical (unpaired) electrons. The molecule has 1 fully saturated rings. The number of halogens is 1. The lowest BCUT2D eigenvalue weighted by Crippen LogP contribution is -2.39. The van der Waals surface area contributed by atoms with E-state index in [1.165, 1.54) is 6.07 Å². The molecule has 1 aromatic heterocycles. The van der Waals surface area contributed by atoms with Gasteiger partial charge in [-0.05, 0) is 51.3 Å². The third kappa shape index (κ3) is 4.61. The molecule has 0 spiro atoms. The van der Waals surface area contributed by atoms with Gasteiger partial charge < -0.3 is 19.5 Å². The van der Waals surface area contributed by atoms with Crippen molar-refractivity contribution in [3.63, 3.8) is 0 Å². The van der Waals surface area contributed by atoms with Crippen molar-refractivity contribution in [2.45, 2.75) is 32.7 Å². The molecule has 2 aliphatic heterocycles. The lowest BCUT2D eigenvalue weighted by Gasteiger charge is -2.37. The second-order valence-electron chi connectivity index (χ2n) is 8.12. The first-order valence-corrected chi connectivity index (χ1v) is 10.6. The zero-order valence-corrected chi connectivity index (χ0v) is 17.9. The van der Waals surface area contributed by atoms with Crippen molar-refractivity contribution in [3.8, 4) is 17.4 Å². The molecule has 6 nitrogen and oxygen atoms in total. The second-order valence-corrected chi connectivity index (χ2v) is 8.12. The number of benzene rings is 1. The van der Waals surface area contributed by atoms with Gasteiger partial charge in [-0.3, -0.25) is 4.90 Å². The number of nitrogens with zero attached hydrogens (tertiary/aromatic N) is 2. The molecule has 2 unspecified atom stereocenters. The minimum atomic E-state index is -0.230. The maximum absolute atomic E-state index is 14.8. The van der Waals surface area contributed by atoms with E-state index >= 15 is 0 Å². The number of rotatable bonds is 6. The molecule has 0 saturated carbocycles. The summed E-state index contributed by atoms with van der Waals surface area (Å²) in [5.74, 6) is 2.01. The van der Waals surface area contributed by atoms with Gasteiger partial charge in [-0.1, -0.05) is 0 Å². The standard InChI is InChI=1S/C23H30FN3O3/c1-15-9-18(10-23(26-15)28-3)25-13-17-5-4-6-27(14-17)16(2)19-11-21-22(12-20(19)24)30-8-7-29-21/h9-12,16-17H,4-8,13-14H2,1-3H3,(H,25,26). The van der Waals surface area contributed by atoms with Gasteiger partial charge in [0.1, 0.15) is 19.0 Å². The fourth-order valence-electron chi connectivity index (χ4n) is 4.32. The molecular formula is C23H30FN3O3. The molecule has 0 bridgehead atoms. The van der Waals surface area contributed by atoms with Gasteiger partial charge in [0.2, 0.25) is 5.88 Å². The number of anilines is 1. The molecule has 1 N–H and O–H groups in total. The van der Waals surface area contributed by atoms with Crippen molar-refractivity contribution in [2.75, 3.05) is 45.3 Å². The quantitative estimate of drug-likeness (QED) is 0.763. The van der Waals surface area contributed by atoms with E-state index in [1.54, 1.807) is 7.11 Å². The van der Waals surface area contributed by atoms with E-state index in [1.807, 2.05) is 25.1 Å². The molecule has 162 valence electrons. The van der Waals surface area contributed by atoms with Gasteiger partial charge in [-0.15, -0.1) is 0 Å². The third-order valence-corrected chi connectivity index (χ3v) is 5.94. The first-order chi connectivity index (χ1) is 14.5. The van der Waals surface area contributed by atoms with Crippen LogP contribution in [0.5, 0.6) is 17.4 Å². The van der Waals surface area contributed by atoms with E-state index < -0.39 is 0 Å². The maximum Gasteiger partial charge on any atom is 0.215 e. The Hall–Kier alpha value is -2.54. The number of nitrogens with one attached hydrogen (secondary N) is 1. The molecule has 0 aliphatic carbocycles. The average Bonchev–Trinajstić information content (AvgIpc) is 2.76. The summed E-state index contributed by atoms with van der Waals surface area (Å²) < 4.78 is 31.2. The lowest BCUT2D eigenvalue weighted by molar-refractivity contribution is 0.132. The summed E-state index contributed by atoms with van der Waals surface area (Å²) in [5, 5.41) is 3.52. The Labute approximate surface area is 177 Å². The summed E-state index contributed by atoms with van der Waals surface area (Å²) in [7, 11) is 1.63. The van der Waals surface area contributed by atoms with E-state index in [2.05, 4.69) is 22.1 Å². The van der Waals surface area contributed by atoms with Crippen LogP contribution in [0.3, 0.4) is 0 Å². The number of pyridine rings is 1. The number of piperidine rings is 1. The topological polar surface area (TPSA) is 55.9 Å². The highest BCUT2D eigenvalue weighted by molar-refractivity contribution is 5.47. The van der Waals surface area contributed by atoms with Crippen molar-refractivity contribution in [2.24, 2.45) is 5.92 Å². The zero-order valence-electron chi connectivity index (χ0n) is 17.9. The van der Waals surface area contributed by atoms with Gasteiger partial charge in [-0.2, -0.15) is 0 Å². The van der Waals surface area contributed by atoms with E-state index in [4.69, 9.17) is 14.2 Å². The molecular weight excluding hydrogens is 385 g/mol. The summed E-state index contributed by atoms with van der Waals surface area (Å²) in [4.78, 5) is 6.69. The predicted molar refractivity (Wildman–Crippen MR) is 114 cm³/mol. The SMILES string of the molecule is COc1cc(NCC2CCCN(C(C)c3cc4c(cc3F)OCCO4)C2)cc(C)n1. The number of hydrogen-bond acceptors (Lipinski definition) is 6. The zero-order chi connectivity index (χ0) is 21.1. The fraction of sp³-hybridized carbons (Fsp3) is 0.522.